The van der Waals surface area contributed by atoms with E-state index in [0.717, 1.165) is 16.8 Å². The number of nitrogens with zero attached hydrogens (tertiary/aromatic N) is 2. The van der Waals surface area contributed by atoms with Gasteiger partial charge in [-0.25, -0.2) is 9.37 Å². The summed E-state index contributed by atoms with van der Waals surface area (Å²) in [6.45, 7) is 5.45. The van der Waals surface area contributed by atoms with E-state index in [-0.39, 0.29) is 18.1 Å². The highest BCUT2D eigenvalue weighted by atomic mass is 19.1. The summed E-state index contributed by atoms with van der Waals surface area (Å²) >= 11 is 0. The van der Waals surface area contributed by atoms with E-state index in [2.05, 4.69) is 15.6 Å². The van der Waals surface area contributed by atoms with Crippen LogP contribution in [0.3, 0.4) is 0 Å². The van der Waals surface area contributed by atoms with E-state index in [1.165, 1.54) is 34.9 Å². The lowest BCUT2D eigenvalue weighted by atomic mass is 10.1. The summed E-state index contributed by atoms with van der Waals surface area (Å²) in [5.74, 6) is -0.524. The summed E-state index contributed by atoms with van der Waals surface area (Å²) in [6, 6.07) is 12.7. The van der Waals surface area contributed by atoms with Gasteiger partial charge in [-0.15, -0.1) is 0 Å². The normalized spacial score (nSPS) is 10.6. The van der Waals surface area contributed by atoms with Crippen molar-refractivity contribution in [2.24, 2.45) is 0 Å². The third-order valence-electron chi connectivity index (χ3n) is 4.04. The molecule has 1 heterocycles. The quantitative estimate of drug-likeness (QED) is 0.708. The zero-order valence-corrected chi connectivity index (χ0v) is 15.9. The lowest BCUT2D eigenvalue weighted by Crippen LogP contribution is -2.30. The molecule has 3 rings (SSSR count). The third-order valence-corrected chi connectivity index (χ3v) is 4.04. The molecule has 3 aromatic rings. The molecule has 0 aliphatic heterocycles. The summed E-state index contributed by atoms with van der Waals surface area (Å²) in [5, 5.41) is 5.78. The lowest BCUT2D eigenvalue weighted by molar-refractivity contribution is -0.116. The molecule has 0 unspecified atom stereocenters. The highest BCUT2D eigenvalue weighted by Gasteiger charge is 2.12. The molecule has 0 spiro atoms. The molecule has 0 bridgehead atoms. The smallest absolute Gasteiger partial charge is 0.255 e. The van der Waals surface area contributed by atoms with E-state index in [4.69, 9.17) is 0 Å². The van der Waals surface area contributed by atoms with Crippen molar-refractivity contribution in [1.82, 2.24) is 9.55 Å². The predicted octanol–water partition coefficient (Wildman–Crippen LogP) is 3.69. The van der Waals surface area contributed by atoms with Crippen molar-refractivity contribution >= 4 is 23.2 Å². The van der Waals surface area contributed by atoms with Crippen LogP contribution in [0.15, 0.2) is 53.3 Å². The second kappa shape index (κ2) is 8.04. The number of carbonyl (C=O) groups is 1. The number of benzene rings is 2. The van der Waals surface area contributed by atoms with Gasteiger partial charge in [0.25, 0.3) is 5.56 Å². The Hall–Kier alpha value is -3.48. The molecule has 0 saturated heterocycles. The van der Waals surface area contributed by atoms with E-state index in [0.29, 0.717) is 11.4 Å². The topological polar surface area (TPSA) is 76.0 Å². The van der Waals surface area contributed by atoms with Gasteiger partial charge in [0.1, 0.15) is 12.4 Å². The fourth-order valence-corrected chi connectivity index (χ4v) is 2.92. The van der Waals surface area contributed by atoms with Crippen LogP contribution in [0.2, 0.25) is 0 Å². The molecule has 0 aliphatic carbocycles. The van der Waals surface area contributed by atoms with Crippen molar-refractivity contribution in [1.29, 1.82) is 0 Å². The second-order valence-electron chi connectivity index (χ2n) is 6.70. The van der Waals surface area contributed by atoms with Crippen LogP contribution in [0.5, 0.6) is 0 Å². The first-order valence-corrected chi connectivity index (χ1v) is 8.79. The molecule has 1 amide bonds. The van der Waals surface area contributed by atoms with Crippen LogP contribution in [0.4, 0.5) is 21.7 Å². The molecule has 0 fully saturated rings. The van der Waals surface area contributed by atoms with Crippen molar-refractivity contribution in [2.45, 2.75) is 27.3 Å². The standard InChI is InChI=1S/C21H21FN4O2/c1-13-8-14(2)10-18(9-13)25-21-23-15(3)11-20(28)26(21)12-19(27)24-17-6-4-16(22)5-7-17/h4-11H,12H2,1-3H3,(H,23,25)(H,24,27). The molecule has 1 aromatic heterocycles. The van der Waals surface area contributed by atoms with Gasteiger partial charge in [0.15, 0.2) is 0 Å². The van der Waals surface area contributed by atoms with Crippen molar-refractivity contribution in [3.63, 3.8) is 0 Å². The van der Waals surface area contributed by atoms with E-state index in [9.17, 15) is 14.0 Å². The Kier molecular flexibility index (Phi) is 5.54. The maximum absolute atomic E-state index is 13.0. The minimum atomic E-state index is -0.414. The fourth-order valence-electron chi connectivity index (χ4n) is 2.92. The molecular weight excluding hydrogens is 359 g/mol. The van der Waals surface area contributed by atoms with Crippen LogP contribution in [0.1, 0.15) is 16.8 Å². The number of hydrogen-bond acceptors (Lipinski definition) is 4. The SMILES string of the molecule is Cc1cc(C)cc(Nc2nc(C)cc(=O)n2CC(=O)Nc2ccc(F)cc2)c1. The van der Waals surface area contributed by atoms with Gasteiger partial charge in [-0.3, -0.25) is 14.2 Å². The number of amides is 1. The number of carbonyl (C=O) groups excluding carboxylic acids is 1. The average molecular weight is 380 g/mol. The minimum Gasteiger partial charge on any atom is -0.325 e. The summed E-state index contributed by atoms with van der Waals surface area (Å²) in [6.07, 6.45) is 0. The van der Waals surface area contributed by atoms with Gasteiger partial charge in [-0.1, -0.05) is 6.07 Å². The van der Waals surface area contributed by atoms with Gasteiger partial charge >= 0.3 is 0 Å². The Balaban J connectivity index is 1.86. The van der Waals surface area contributed by atoms with Gasteiger partial charge in [0.05, 0.1) is 0 Å². The Morgan fingerprint density at radius 1 is 1.00 bits per heavy atom. The summed E-state index contributed by atoms with van der Waals surface area (Å²) < 4.78 is 14.3. The van der Waals surface area contributed by atoms with Gasteiger partial charge in [-0.2, -0.15) is 0 Å². The van der Waals surface area contributed by atoms with Crippen LogP contribution in [0.25, 0.3) is 0 Å². The van der Waals surface area contributed by atoms with Crippen LogP contribution < -0.4 is 16.2 Å². The van der Waals surface area contributed by atoms with Crippen molar-refractivity contribution in [3.05, 3.63) is 81.5 Å². The first-order valence-electron chi connectivity index (χ1n) is 8.79. The largest absolute Gasteiger partial charge is 0.325 e. The van der Waals surface area contributed by atoms with Crippen molar-refractivity contribution < 1.29 is 9.18 Å². The molecule has 144 valence electrons. The monoisotopic (exact) mass is 380 g/mol. The van der Waals surface area contributed by atoms with Crippen LogP contribution in [-0.4, -0.2) is 15.5 Å². The first-order chi connectivity index (χ1) is 13.3. The van der Waals surface area contributed by atoms with E-state index in [1.807, 2.05) is 32.0 Å². The van der Waals surface area contributed by atoms with Crippen LogP contribution in [-0.2, 0) is 11.3 Å². The van der Waals surface area contributed by atoms with Gasteiger partial charge in [0.2, 0.25) is 11.9 Å². The highest BCUT2D eigenvalue weighted by molar-refractivity contribution is 5.90. The summed E-state index contributed by atoms with van der Waals surface area (Å²) in [5.41, 5.74) is 3.57. The Bertz CT molecular complexity index is 1050. The average Bonchev–Trinajstić information content (AvgIpc) is 2.59. The lowest BCUT2D eigenvalue weighted by Gasteiger charge is -2.15. The zero-order chi connectivity index (χ0) is 20.3. The van der Waals surface area contributed by atoms with Gasteiger partial charge in [-0.05, 0) is 68.3 Å². The Labute approximate surface area is 162 Å². The van der Waals surface area contributed by atoms with Gasteiger partial charge in [0, 0.05) is 23.1 Å². The molecule has 0 radical (unpaired) electrons. The molecular formula is C21H21FN4O2. The van der Waals surface area contributed by atoms with E-state index < -0.39 is 11.7 Å². The van der Waals surface area contributed by atoms with Crippen LogP contribution in [0, 0.1) is 26.6 Å². The van der Waals surface area contributed by atoms with Gasteiger partial charge < -0.3 is 10.6 Å². The van der Waals surface area contributed by atoms with E-state index >= 15 is 0 Å². The van der Waals surface area contributed by atoms with Crippen molar-refractivity contribution in [3.8, 4) is 0 Å². The fraction of sp³-hybridized carbons (Fsp3) is 0.190. The van der Waals surface area contributed by atoms with Crippen LogP contribution >= 0.6 is 0 Å². The molecule has 0 saturated carbocycles. The second-order valence-corrected chi connectivity index (χ2v) is 6.70. The predicted molar refractivity (Wildman–Crippen MR) is 107 cm³/mol. The maximum Gasteiger partial charge on any atom is 0.255 e. The molecule has 2 aromatic carbocycles. The Morgan fingerprint density at radius 2 is 1.64 bits per heavy atom. The molecule has 28 heavy (non-hydrogen) atoms. The van der Waals surface area contributed by atoms with Crippen molar-refractivity contribution in [2.75, 3.05) is 10.6 Å². The molecule has 7 heteroatoms. The number of anilines is 3. The first kappa shape index (κ1) is 19.3. The molecule has 0 atom stereocenters. The number of rotatable bonds is 5. The number of nitrogens with one attached hydrogen (secondary N) is 2. The molecule has 2 N–H and O–H groups in total. The number of halogens is 1. The summed E-state index contributed by atoms with van der Waals surface area (Å²) in [4.78, 5) is 29.3. The molecule has 0 aliphatic rings. The Morgan fingerprint density at radius 3 is 2.29 bits per heavy atom. The maximum atomic E-state index is 13.0. The van der Waals surface area contributed by atoms with E-state index in [1.54, 1.807) is 6.92 Å². The number of hydrogen-bond donors (Lipinski definition) is 2. The molecule has 6 nitrogen and oxygen atoms in total. The third kappa shape index (κ3) is 4.82. The zero-order valence-electron chi connectivity index (χ0n) is 15.9. The highest BCUT2D eigenvalue weighted by Crippen LogP contribution is 2.18. The number of aromatic nitrogens is 2. The minimum absolute atomic E-state index is 0.226. The number of aryl methyl sites for hydroxylation is 3. The summed E-state index contributed by atoms with van der Waals surface area (Å²) in [7, 11) is 0.